The largest absolute Gasteiger partial charge is 0.444 e. The highest BCUT2D eigenvalue weighted by molar-refractivity contribution is 5.68. The van der Waals surface area contributed by atoms with Gasteiger partial charge in [-0.15, -0.1) is 0 Å². The maximum atomic E-state index is 12.0. The molecule has 2 atom stereocenters. The predicted molar refractivity (Wildman–Crippen MR) is 66.7 cm³/mol. The molecule has 1 saturated heterocycles. The van der Waals surface area contributed by atoms with E-state index in [9.17, 15) is 4.79 Å². The normalized spacial score (nSPS) is 31.3. The van der Waals surface area contributed by atoms with Crippen LogP contribution in [0.4, 0.5) is 4.79 Å². The molecule has 0 bridgehead atoms. The van der Waals surface area contributed by atoms with Gasteiger partial charge in [-0.3, -0.25) is 0 Å². The molecule has 1 amide bonds. The molecule has 4 heteroatoms. The summed E-state index contributed by atoms with van der Waals surface area (Å²) in [5.41, 5.74) is 5.98. The van der Waals surface area contributed by atoms with E-state index in [2.05, 4.69) is 6.92 Å². The summed E-state index contributed by atoms with van der Waals surface area (Å²) < 4.78 is 5.54. The smallest absolute Gasteiger partial charge is 0.410 e. The molecule has 2 N–H and O–H groups in total. The summed E-state index contributed by atoms with van der Waals surface area (Å²) in [5.74, 6) is 0.732. The predicted octanol–water partition coefficient (Wildman–Crippen LogP) is 2.12. The number of rotatable bonds is 1. The van der Waals surface area contributed by atoms with Crippen molar-refractivity contribution in [3.8, 4) is 0 Å². The Morgan fingerprint density at radius 2 is 1.82 bits per heavy atom. The highest BCUT2D eigenvalue weighted by Crippen LogP contribution is 2.22. The van der Waals surface area contributed by atoms with Crippen LogP contribution in [0.5, 0.6) is 0 Å². The molecule has 2 fully saturated rings. The van der Waals surface area contributed by atoms with Crippen LogP contribution in [-0.4, -0.2) is 36.2 Å². The van der Waals surface area contributed by atoms with Gasteiger partial charge in [-0.1, -0.05) is 13.3 Å². The molecule has 17 heavy (non-hydrogen) atoms. The average Bonchev–Trinajstić information content (AvgIpc) is 2.33. The summed E-state index contributed by atoms with van der Waals surface area (Å²) in [5, 5.41) is 0. The number of carbonyl (C=O) groups excluding carboxylic acids is 1. The highest BCUT2D eigenvalue weighted by atomic mass is 16.6. The van der Waals surface area contributed by atoms with Gasteiger partial charge >= 0.3 is 6.09 Å². The van der Waals surface area contributed by atoms with Gasteiger partial charge in [0.1, 0.15) is 6.10 Å². The fourth-order valence-electron chi connectivity index (χ4n) is 2.67. The van der Waals surface area contributed by atoms with Crippen molar-refractivity contribution in [2.75, 3.05) is 13.1 Å². The van der Waals surface area contributed by atoms with Crippen LogP contribution in [0.1, 0.15) is 45.4 Å². The molecule has 0 aromatic rings. The van der Waals surface area contributed by atoms with Crippen LogP contribution >= 0.6 is 0 Å². The lowest BCUT2D eigenvalue weighted by Crippen LogP contribution is -2.45. The molecule has 0 aromatic heterocycles. The summed E-state index contributed by atoms with van der Waals surface area (Å²) in [6, 6.07) is 0.0383. The number of ether oxygens (including phenoxy) is 1. The molecule has 2 unspecified atom stereocenters. The Labute approximate surface area is 103 Å². The summed E-state index contributed by atoms with van der Waals surface area (Å²) in [6.07, 6.45) is 6.16. The maximum absolute atomic E-state index is 12.0. The average molecular weight is 240 g/mol. The second-order valence-corrected chi connectivity index (χ2v) is 5.54. The second kappa shape index (κ2) is 5.71. The van der Waals surface area contributed by atoms with Crippen LogP contribution in [0, 0.1) is 5.92 Å². The van der Waals surface area contributed by atoms with Crippen LogP contribution in [0.15, 0.2) is 0 Å². The van der Waals surface area contributed by atoms with Gasteiger partial charge in [-0.25, -0.2) is 4.79 Å². The molecule has 0 aromatic carbocycles. The van der Waals surface area contributed by atoms with Gasteiger partial charge in [0.2, 0.25) is 0 Å². The van der Waals surface area contributed by atoms with Gasteiger partial charge in [0.15, 0.2) is 0 Å². The molecule has 1 heterocycles. The lowest BCUT2D eigenvalue weighted by Gasteiger charge is -2.33. The number of nitrogens with two attached hydrogens (primary N) is 1. The number of amides is 1. The number of hydrogen-bond donors (Lipinski definition) is 1. The van der Waals surface area contributed by atoms with E-state index in [1.165, 1.54) is 0 Å². The van der Waals surface area contributed by atoms with Crippen LogP contribution in [0.3, 0.4) is 0 Å². The van der Waals surface area contributed by atoms with Crippen molar-refractivity contribution in [1.29, 1.82) is 0 Å². The lowest BCUT2D eigenvalue weighted by molar-refractivity contribution is 0.0296. The Kier molecular flexibility index (Phi) is 4.26. The standard InChI is InChI=1S/C13H24N2O2/c1-10-6-8-15(9-7-10)13(16)17-12-5-3-2-4-11(12)14/h10-12H,2-9,14H2,1H3. The van der Waals surface area contributed by atoms with E-state index in [1.807, 2.05) is 4.90 Å². The van der Waals surface area contributed by atoms with E-state index >= 15 is 0 Å². The third-order valence-electron chi connectivity index (χ3n) is 4.05. The van der Waals surface area contributed by atoms with Crippen molar-refractivity contribution in [2.45, 2.75) is 57.6 Å². The molecule has 2 rings (SSSR count). The maximum Gasteiger partial charge on any atom is 0.410 e. The molecule has 98 valence electrons. The topological polar surface area (TPSA) is 55.6 Å². The van der Waals surface area contributed by atoms with Gasteiger partial charge in [-0.2, -0.15) is 0 Å². The molecule has 1 saturated carbocycles. The third-order valence-corrected chi connectivity index (χ3v) is 4.05. The fraction of sp³-hybridized carbons (Fsp3) is 0.923. The Bertz CT molecular complexity index is 262. The van der Waals surface area contributed by atoms with Crippen molar-refractivity contribution >= 4 is 6.09 Å². The highest BCUT2D eigenvalue weighted by Gasteiger charge is 2.28. The fourth-order valence-corrected chi connectivity index (χ4v) is 2.67. The number of carbonyl (C=O) groups is 1. The Morgan fingerprint density at radius 3 is 2.47 bits per heavy atom. The first-order chi connectivity index (χ1) is 8.16. The molecular weight excluding hydrogens is 216 g/mol. The van der Waals surface area contributed by atoms with Gasteiger partial charge in [-0.05, 0) is 38.0 Å². The molecule has 1 aliphatic carbocycles. The van der Waals surface area contributed by atoms with Crippen LogP contribution < -0.4 is 5.73 Å². The molecule has 0 spiro atoms. The SMILES string of the molecule is CC1CCN(C(=O)OC2CCCCC2N)CC1. The van der Waals surface area contributed by atoms with E-state index in [4.69, 9.17) is 10.5 Å². The van der Waals surface area contributed by atoms with E-state index < -0.39 is 0 Å². The molecule has 0 radical (unpaired) electrons. The Morgan fingerprint density at radius 1 is 1.18 bits per heavy atom. The van der Waals surface area contributed by atoms with Crippen molar-refractivity contribution in [2.24, 2.45) is 11.7 Å². The van der Waals surface area contributed by atoms with E-state index in [0.717, 1.165) is 57.5 Å². The van der Waals surface area contributed by atoms with E-state index in [1.54, 1.807) is 0 Å². The Hall–Kier alpha value is -0.770. The monoisotopic (exact) mass is 240 g/mol. The first kappa shape index (κ1) is 12.7. The van der Waals surface area contributed by atoms with Gasteiger partial charge in [0.25, 0.3) is 0 Å². The summed E-state index contributed by atoms with van der Waals surface area (Å²) >= 11 is 0. The lowest BCUT2D eigenvalue weighted by atomic mass is 9.93. The van der Waals surface area contributed by atoms with Crippen molar-refractivity contribution in [1.82, 2.24) is 4.90 Å². The second-order valence-electron chi connectivity index (χ2n) is 5.54. The summed E-state index contributed by atoms with van der Waals surface area (Å²) in [7, 11) is 0. The summed E-state index contributed by atoms with van der Waals surface area (Å²) in [6.45, 7) is 3.91. The molecule has 4 nitrogen and oxygen atoms in total. The van der Waals surface area contributed by atoms with Crippen molar-refractivity contribution in [3.63, 3.8) is 0 Å². The Balaban J connectivity index is 1.79. The molecular formula is C13H24N2O2. The van der Waals surface area contributed by atoms with E-state index in [0.29, 0.717) is 0 Å². The minimum Gasteiger partial charge on any atom is -0.444 e. The van der Waals surface area contributed by atoms with Crippen molar-refractivity contribution < 1.29 is 9.53 Å². The minimum atomic E-state index is -0.153. The number of hydrogen-bond acceptors (Lipinski definition) is 3. The zero-order chi connectivity index (χ0) is 12.3. The quantitative estimate of drug-likeness (QED) is 0.764. The first-order valence-corrected chi connectivity index (χ1v) is 6.88. The number of nitrogens with zero attached hydrogens (tertiary/aromatic N) is 1. The number of likely N-dealkylation sites (tertiary alicyclic amines) is 1. The minimum absolute atomic E-state index is 0.0383. The molecule has 2 aliphatic rings. The van der Waals surface area contributed by atoms with Crippen LogP contribution in [0.2, 0.25) is 0 Å². The zero-order valence-electron chi connectivity index (χ0n) is 10.7. The number of piperidine rings is 1. The van der Waals surface area contributed by atoms with Crippen LogP contribution in [0.25, 0.3) is 0 Å². The zero-order valence-corrected chi connectivity index (χ0v) is 10.7. The van der Waals surface area contributed by atoms with Crippen molar-refractivity contribution in [3.05, 3.63) is 0 Å². The molecule has 1 aliphatic heterocycles. The van der Waals surface area contributed by atoms with E-state index in [-0.39, 0.29) is 18.2 Å². The third kappa shape index (κ3) is 3.35. The van der Waals surface area contributed by atoms with Crippen LogP contribution in [-0.2, 0) is 4.74 Å². The first-order valence-electron chi connectivity index (χ1n) is 6.88. The van der Waals surface area contributed by atoms with Gasteiger partial charge in [0, 0.05) is 19.1 Å². The van der Waals surface area contributed by atoms with Gasteiger partial charge < -0.3 is 15.4 Å². The van der Waals surface area contributed by atoms with Gasteiger partial charge in [0.05, 0.1) is 0 Å². The summed E-state index contributed by atoms with van der Waals surface area (Å²) in [4.78, 5) is 13.8.